The summed E-state index contributed by atoms with van der Waals surface area (Å²) in [7, 11) is 0. The van der Waals surface area contributed by atoms with Crippen molar-refractivity contribution in [3.63, 3.8) is 0 Å². The van der Waals surface area contributed by atoms with Crippen molar-refractivity contribution in [2.24, 2.45) is 0 Å². The van der Waals surface area contributed by atoms with E-state index in [2.05, 4.69) is 12.1 Å². The number of rotatable bonds is 2. The zero-order chi connectivity index (χ0) is 10.1. The van der Waals surface area contributed by atoms with Crippen LogP contribution in [-0.2, 0) is 4.84 Å². The largest absolute Gasteiger partial charge is 0.238 e. The average molecular weight is 197 g/mol. The predicted molar refractivity (Wildman–Crippen MR) is 59.2 cm³/mol. The van der Waals surface area contributed by atoms with Gasteiger partial charge in [0.15, 0.2) is 0 Å². The quantitative estimate of drug-likeness (QED) is 0.687. The third kappa shape index (κ3) is 1.60. The van der Waals surface area contributed by atoms with Gasteiger partial charge in [-0.25, -0.2) is 9.90 Å². The molecule has 0 aliphatic carbocycles. The van der Waals surface area contributed by atoms with Crippen LogP contribution in [0.5, 0.6) is 0 Å². The average Bonchev–Trinajstić information content (AvgIpc) is 3.11. The summed E-state index contributed by atoms with van der Waals surface area (Å²) in [6, 6.07) is 20.3. The Morgan fingerprint density at radius 3 is 2.07 bits per heavy atom. The minimum absolute atomic E-state index is 0.0913. The van der Waals surface area contributed by atoms with Gasteiger partial charge in [0.2, 0.25) is 6.23 Å². The molecule has 0 N–H and O–H groups in total. The summed E-state index contributed by atoms with van der Waals surface area (Å²) >= 11 is 0. The molecule has 2 aromatic rings. The van der Waals surface area contributed by atoms with E-state index in [-0.39, 0.29) is 6.23 Å². The fourth-order valence-corrected chi connectivity index (χ4v) is 1.67. The van der Waals surface area contributed by atoms with Crippen LogP contribution in [0.3, 0.4) is 0 Å². The molecule has 2 heteroatoms. The van der Waals surface area contributed by atoms with Crippen LogP contribution in [0.15, 0.2) is 60.7 Å². The van der Waals surface area contributed by atoms with E-state index in [4.69, 9.17) is 4.84 Å². The lowest BCUT2D eigenvalue weighted by molar-refractivity contribution is 0.402. The van der Waals surface area contributed by atoms with Crippen molar-refractivity contribution in [1.82, 2.24) is 0 Å². The predicted octanol–water partition coefficient (Wildman–Crippen LogP) is 3.14. The maximum absolute atomic E-state index is 5.52. The third-order valence-electron chi connectivity index (χ3n) is 2.48. The summed E-state index contributed by atoms with van der Waals surface area (Å²) in [6.07, 6.45) is 0.0913. The lowest BCUT2D eigenvalue weighted by Crippen LogP contribution is -1.93. The van der Waals surface area contributed by atoms with Crippen LogP contribution >= 0.6 is 0 Å². The Hall–Kier alpha value is -1.80. The van der Waals surface area contributed by atoms with Crippen LogP contribution in [0.25, 0.3) is 0 Å². The molecule has 0 saturated carbocycles. The summed E-state index contributed by atoms with van der Waals surface area (Å²) in [5.74, 6) is 0. The molecule has 3 rings (SSSR count). The summed E-state index contributed by atoms with van der Waals surface area (Å²) in [5, 5.41) is 1.91. The van der Waals surface area contributed by atoms with E-state index in [1.807, 2.05) is 53.6 Å². The fourth-order valence-electron chi connectivity index (χ4n) is 1.67. The lowest BCUT2D eigenvalue weighted by atomic mass is 10.2. The number of para-hydroxylation sites is 1. The van der Waals surface area contributed by atoms with Gasteiger partial charge >= 0.3 is 0 Å². The molecule has 0 spiro atoms. The van der Waals surface area contributed by atoms with E-state index < -0.39 is 0 Å². The topological polar surface area (TPSA) is 15.5 Å². The molecule has 0 bridgehead atoms. The fraction of sp³-hybridized carbons (Fsp3) is 0.0769. The van der Waals surface area contributed by atoms with Crippen molar-refractivity contribution in [3.8, 4) is 0 Å². The van der Waals surface area contributed by atoms with Gasteiger partial charge in [-0.3, -0.25) is 0 Å². The van der Waals surface area contributed by atoms with Crippen molar-refractivity contribution >= 4 is 5.69 Å². The van der Waals surface area contributed by atoms with Gasteiger partial charge in [0.25, 0.3) is 0 Å². The van der Waals surface area contributed by atoms with Crippen molar-refractivity contribution in [2.45, 2.75) is 6.23 Å². The van der Waals surface area contributed by atoms with E-state index in [9.17, 15) is 0 Å². The maximum Gasteiger partial charge on any atom is 0.206 e. The van der Waals surface area contributed by atoms with E-state index in [1.54, 1.807) is 0 Å². The molecular weight excluding hydrogens is 186 g/mol. The number of benzene rings is 2. The second-order valence-electron chi connectivity index (χ2n) is 3.53. The van der Waals surface area contributed by atoms with Gasteiger partial charge in [0.05, 0.1) is 5.69 Å². The minimum atomic E-state index is 0.0913. The molecule has 2 aromatic carbocycles. The molecule has 74 valence electrons. The Morgan fingerprint density at radius 2 is 1.40 bits per heavy atom. The summed E-state index contributed by atoms with van der Waals surface area (Å²) in [6.45, 7) is 0. The smallest absolute Gasteiger partial charge is 0.206 e. The van der Waals surface area contributed by atoms with Crippen LogP contribution in [0.2, 0.25) is 0 Å². The van der Waals surface area contributed by atoms with Gasteiger partial charge in [-0.1, -0.05) is 48.5 Å². The molecule has 2 nitrogen and oxygen atoms in total. The first kappa shape index (κ1) is 8.50. The normalized spacial score (nSPS) is 18.9. The Bertz CT molecular complexity index is 397. The maximum atomic E-state index is 5.52. The van der Waals surface area contributed by atoms with Crippen LogP contribution in [0.4, 0.5) is 5.69 Å². The molecule has 1 heterocycles. The Balaban J connectivity index is 1.81. The van der Waals surface area contributed by atoms with Crippen molar-refractivity contribution in [2.75, 3.05) is 5.06 Å². The molecular formula is C13H11NO. The molecule has 0 amide bonds. The standard InChI is InChI=1S/C13H11NO/c1-3-7-11(8-4-1)13-14(15-13)12-9-5-2-6-10-12/h1-10,13H. The lowest BCUT2D eigenvalue weighted by Gasteiger charge is -1.98. The zero-order valence-electron chi connectivity index (χ0n) is 8.21. The van der Waals surface area contributed by atoms with Gasteiger partial charge in [0.1, 0.15) is 0 Å². The second kappa shape index (κ2) is 3.41. The van der Waals surface area contributed by atoms with E-state index in [0.717, 1.165) is 5.69 Å². The van der Waals surface area contributed by atoms with E-state index in [1.165, 1.54) is 5.56 Å². The summed E-state index contributed by atoms with van der Waals surface area (Å²) in [4.78, 5) is 5.52. The van der Waals surface area contributed by atoms with Gasteiger partial charge in [-0.2, -0.15) is 0 Å². The van der Waals surface area contributed by atoms with E-state index in [0.29, 0.717) is 0 Å². The SMILES string of the molecule is c1ccc(C2ON2c2ccccc2)cc1. The van der Waals surface area contributed by atoms with Crippen LogP contribution in [-0.4, -0.2) is 0 Å². The first-order valence-corrected chi connectivity index (χ1v) is 5.01. The van der Waals surface area contributed by atoms with Crippen LogP contribution in [0, 0.1) is 0 Å². The summed E-state index contributed by atoms with van der Waals surface area (Å²) in [5.41, 5.74) is 2.30. The number of hydrogen-bond donors (Lipinski definition) is 0. The number of nitrogens with zero attached hydrogens (tertiary/aromatic N) is 1. The molecule has 0 radical (unpaired) electrons. The first-order valence-electron chi connectivity index (χ1n) is 5.01. The second-order valence-corrected chi connectivity index (χ2v) is 3.53. The third-order valence-corrected chi connectivity index (χ3v) is 2.48. The van der Waals surface area contributed by atoms with Crippen LogP contribution < -0.4 is 5.06 Å². The molecule has 1 aliphatic heterocycles. The highest BCUT2D eigenvalue weighted by Crippen LogP contribution is 2.41. The highest BCUT2D eigenvalue weighted by molar-refractivity contribution is 5.49. The molecule has 1 aliphatic rings. The Labute approximate surface area is 88.7 Å². The van der Waals surface area contributed by atoms with Gasteiger partial charge < -0.3 is 0 Å². The number of hydrogen-bond acceptors (Lipinski definition) is 2. The first-order chi connectivity index (χ1) is 7.45. The Kier molecular flexibility index (Phi) is 1.93. The van der Waals surface area contributed by atoms with E-state index >= 15 is 0 Å². The van der Waals surface area contributed by atoms with Crippen LogP contribution in [0.1, 0.15) is 11.8 Å². The molecule has 1 saturated heterocycles. The molecule has 0 aromatic heterocycles. The number of anilines is 1. The van der Waals surface area contributed by atoms with Crippen molar-refractivity contribution in [1.29, 1.82) is 0 Å². The van der Waals surface area contributed by atoms with Gasteiger partial charge in [-0.05, 0) is 12.1 Å². The zero-order valence-corrected chi connectivity index (χ0v) is 8.21. The molecule has 1 unspecified atom stereocenters. The Morgan fingerprint density at radius 1 is 0.800 bits per heavy atom. The highest BCUT2D eigenvalue weighted by Gasteiger charge is 2.37. The monoisotopic (exact) mass is 197 g/mol. The highest BCUT2D eigenvalue weighted by atomic mass is 16.8. The molecule has 1 fully saturated rings. The van der Waals surface area contributed by atoms with Gasteiger partial charge in [-0.15, -0.1) is 0 Å². The van der Waals surface area contributed by atoms with Gasteiger partial charge in [0, 0.05) is 5.56 Å². The number of hydroxylamine groups is 1. The molecule has 1 atom stereocenters. The molecule has 15 heavy (non-hydrogen) atoms. The van der Waals surface area contributed by atoms with Crippen molar-refractivity contribution < 1.29 is 4.84 Å². The summed E-state index contributed by atoms with van der Waals surface area (Å²) < 4.78 is 0. The van der Waals surface area contributed by atoms with Crippen molar-refractivity contribution in [3.05, 3.63) is 66.2 Å². The minimum Gasteiger partial charge on any atom is -0.238 e.